The van der Waals surface area contributed by atoms with Gasteiger partial charge in [-0.15, -0.1) is 16.9 Å². The number of hydrogen-bond acceptors (Lipinski definition) is 6. The van der Waals surface area contributed by atoms with Gasteiger partial charge >= 0.3 is 5.97 Å². The topological polar surface area (TPSA) is 83.4 Å². The maximum atomic E-state index is 12.5. The molecule has 2 heterocycles. The van der Waals surface area contributed by atoms with Crippen LogP contribution < -0.4 is 0 Å². The fraction of sp³-hybridized carbons (Fsp3) is 0.636. The van der Waals surface area contributed by atoms with Gasteiger partial charge in [0, 0.05) is 5.75 Å². The third kappa shape index (κ3) is 2.59. The van der Waals surface area contributed by atoms with Crippen molar-refractivity contribution < 1.29 is 14.7 Å². The molecule has 19 heavy (non-hydrogen) atoms. The van der Waals surface area contributed by atoms with E-state index in [1.165, 1.54) is 16.7 Å². The highest BCUT2D eigenvalue weighted by molar-refractivity contribution is 8.00. The number of aliphatic carboxylic acids is 1. The van der Waals surface area contributed by atoms with Crippen LogP contribution in [0.5, 0.6) is 0 Å². The van der Waals surface area contributed by atoms with Gasteiger partial charge in [0.1, 0.15) is 10.9 Å². The minimum absolute atomic E-state index is 0.116. The van der Waals surface area contributed by atoms with Gasteiger partial charge < -0.3 is 10.0 Å². The Hall–Kier alpha value is -1.15. The van der Waals surface area contributed by atoms with E-state index in [-0.39, 0.29) is 17.2 Å². The summed E-state index contributed by atoms with van der Waals surface area (Å²) in [6.45, 7) is 5.68. The van der Waals surface area contributed by atoms with E-state index in [4.69, 9.17) is 0 Å². The maximum absolute atomic E-state index is 12.5. The van der Waals surface area contributed by atoms with Crippen molar-refractivity contribution in [1.29, 1.82) is 0 Å². The Morgan fingerprint density at radius 3 is 2.63 bits per heavy atom. The van der Waals surface area contributed by atoms with Gasteiger partial charge in [-0.3, -0.25) is 4.79 Å². The van der Waals surface area contributed by atoms with Crippen LogP contribution >= 0.6 is 23.3 Å². The highest BCUT2D eigenvalue weighted by Crippen LogP contribution is 2.35. The highest BCUT2D eigenvalue weighted by atomic mass is 32.2. The number of aromatic nitrogens is 2. The Morgan fingerprint density at radius 1 is 1.47 bits per heavy atom. The highest BCUT2D eigenvalue weighted by Gasteiger charge is 2.43. The van der Waals surface area contributed by atoms with E-state index in [0.29, 0.717) is 16.3 Å². The molecule has 1 saturated heterocycles. The van der Waals surface area contributed by atoms with Gasteiger partial charge in [0.15, 0.2) is 0 Å². The van der Waals surface area contributed by atoms with Crippen LogP contribution in [0.3, 0.4) is 0 Å². The van der Waals surface area contributed by atoms with Gasteiger partial charge in [-0.1, -0.05) is 18.3 Å². The van der Waals surface area contributed by atoms with Crippen LogP contribution in [0.15, 0.2) is 0 Å². The number of carbonyl (C=O) groups is 2. The van der Waals surface area contributed by atoms with Crippen LogP contribution in [0.2, 0.25) is 0 Å². The third-order valence-corrected chi connectivity index (χ3v) is 5.41. The summed E-state index contributed by atoms with van der Waals surface area (Å²) < 4.78 is 3.74. The molecule has 1 aromatic rings. The minimum atomic E-state index is -0.959. The SMILES string of the molecule is Cc1nnsc1C(=O)N1C(C(=O)O)CSC1C(C)C. The molecule has 1 fully saturated rings. The van der Waals surface area contributed by atoms with Gasteiger partial charge in [-0.05, 0) is 24.4 Å². The Kier molecular flexibility index (Phi) is 4.10. The lowest BCUT2D eigenvalue weighted by atomic mass is 10.1. The maximum Gasteiger partial charge on any atom is 0.327 e. The summed E-state index contributed by atoms with van der Waals surface area (Å²) in [6.07, 6.45) is 0. The number of carboxylic acid groups (broad SMARTS) is 1. The van der Waals surface area contributed by atoms with E-state index in [1.54, 1.807) is 6.92 Å². The van der Waals surface area contributed by atoms with Crippen molar-refractivity contribution in [2.24, 2.45) is 5.92 Å². The first kappa shape index (κ1) is 14.3. The van der Waals surface area contributed by atoms with Crippen LogP contribution in [0.4, 0.5) is 0 Å². The second-order valence-corrected chi connectivity index (χ2v) is 6.63. The molecule has 2 atom stereocenters. The number of aryl methyl sites for hydroxylation is 1. The Morgan fingerprint density at radius 2 is 2.16 bits per heavy atom. The molecule has 2 rings (SSSR count). The van der Waals surface area contributed by atoms with E-state index in [9.17, 15) is 14.7 Å². The van der Waals surface area contributed by atoms with E-state index in [0.717, 1.165) is 11.5 Å². The Bertz CT molecular complexity index is 503. The standard InChI is InChI=1S/C11H15N3O3S2/c1-5(2)10-14(7(4-18-10)11(16)17)9(15)8-6(3)12-13-19-8/h5,7,10H,4H2,1-3H3,(H,16,17). The van der Waals surface area contributed by atoms with Gasteiger partial charge in [0.2, 0.25) is 0 Å². The fourth-order valence-corrected chi connectivity index (χ4v) is 4.11. The molecule has 1 aliphatic rings. The monoisotopic (exact) mass is 301 g/mol. The molecule has 0 saturated carbocycles. The molecule has 1 N–H and O–H groups in total. The lowest BCUT2D eigenvalue weighted by Crippen LogP contribution is -2.47. The fourth-order valence-electron chi connectivity index (χ4n) is 2.03. The summed E-state index contributed by atoms with van der Waals surface area (Å²) in [7, 11) is 0. The molecule has 0 spiro atoms. The molecule has 8 heteroatoms. The number of amides is 1. The molecule has 1 aliphatic heterocycles. The number of carbonyl (C=O) groups excluding carboxylic acids is 1. The van der Waals surface area contributed by atoms with Gasteiger partial charge in [0.25, 0.3) is 5.91 Å². The number of carboxylic acids is 1. The van der Waals surface area contributed by atoms with Crippen LogP contribution in [0.1, 0.15) is 29.2 Å². The zero-order valence-corrected chi connectivity index (χ0v) is 12.5. The van der Waals surface area contributed by atoms with Gasteiger partial charge in [-0.2, -0.15) is 0 Å². The molecular formula is C11H15N3O3S2. The van der Waals surface area contributed by atoms with Crippen molar-refractivity contribution in [2.75, 3.05) is 5.75 Å². The molecule has 0 aromatic carbocycles. The summed E-state index contributed by atoms with van der Waals surface area (Å²) in [5.41, 5.74) is 0.554. The molecule has 6 nitrogen and oxygen atoms in total. The van der Waals surface area contributed by atoms with Crippen molar-refractivity contribution in [3.63, 3.8) is 0 Å². The molecular weight excluding hydrogens is 286 g/mol. The first-order valence-electron chi connectivity index (χ1n) is 5.89. The first-order chi connectivity index (χ1) is 8.93. The zero-order chi connectivity index (χ0) is 14.2. The predicted octanol–water partition coefficient (Wildman–Crippen LogP) is 1.47. The number of nitrogens with zero attached hydrogens (tertiary/aromatic N) is 3. The average molecular weight is 301 g/mol. The van der Waals surface area contributed by atoms with E-state index in [2.05, 4.69) is 9.59 Å². The summed E-state index contributed by atoms with van der Waals surface area (Å²) >= 11 is 2.53. The molecule has 0 radical (unpaired) electrons. The molecule has 1 aromatic heterocycles. The largest absolute Gasteiger partial charge is 0.480 e. The first-order valence-corrected chi connectivity index (χ1v) is 7.71. The second-order valence-electron chi connectivity index (χ2n) is 4.72. The van der Waals surface area contributed by atoms with Gasteiger partial charge in [-0.25, -0.2) is 4.79 Å². The molecule has 0 aliphatic carbocycles. The predicted molar refractivity (Wildman–Crippen MR) is 73.3 cm³/mol. The molecule has 2 unspecified atom stereocenters. The lowest BCUT2D eigenvalue weighted by Gasteiger charge is -2.29. The summed E-state index contributed by atoms with van der Waals surface area (Å²) in [5, 5.41) is 13.0. The molecule has 104 valence electrons. The van der Waals surface area contributed by atoms with Crippen LogP contribution in [-0.2, 0) is 4.79 Å². The molecule has 1 amide bonds. The van der Waals surface area contributed by atoms with E-state index < -0.39 is 12.0 Å². The van der Waals surface area contributed by atoms with Crippen molar-refractivity contribution in [2.45, 2.75) is 32.2 Å². The Labute approximate surface area is 119 Å². The van der Waals surface area contributed by atoms with Crippen molar-refractivity contribution >= 4 is 35.2 Å². The average Bonchev–Trinajstić information content (AvgIpc) is 2.93. The van der Waals surface area contributed by atoms with Gasteiger partial charge in [0.05, 0.1) is 11.1 Å². The smallest absolute Gasteiger partial charge is 0.327 e. The summed E-state index contributed by atoms with van der Waals surface area (Å²) in [5.74, 6) is -0.614. The summed E-state index contributed by atoms with van der Waals surface area (Å²) in [4.78, 5) is 25.7. The Balaban J connectivity index is 2.34. The number of rotatable bonds is 3. The van der Waals surface area contributed by atoms with Crippen molar-refractivity contribution in [3.05, 3.63) is 10.6 Å². The molecule has 0 bridgehead atoms. The van der Waals surface area contributed by atoms with Crippen molar-refractivity contribution in [1.82, 2.24) is 14.5 Å². The quantitative estimate of drug-likeness (QED) is 0.910. The van der Waals surface area contributed by atoms with Crippen LogP contribution in [-0.4, -0.2) is 48.6 Å². The van der Waals surface area contributed by atoms with E-state index in [1.807, 2.05) is 13.8 Å². The minimum Gasteiger partial charge on any atom is -0.480 e. The zero-order valence-electron chi connectivity index (χ0n) is 10.9. The van der Waals surface area contributed by atoms with Crippen LogP contribution in [0, 0.1) is 12.8 Å². The summed E-state index contributed by atoms with van der Waals surface area (Å²) in [6, 6.07) is -0.772. The number of hydrogen-bond donors (Lipinski definition) is 1. The van der Waals surface area contributed by atoms with Crippen LogP contribution in [0.25, 0.3) is 0 Å². The third-order valence-electron chi connectivity index (χ3n) is 2.97. The van der Waals surface area contributed by atoms with Crippen molar-refractivity contribution in [3.8, 4) is 0 Å². The normalized spacial score (nSPS) is 23.1. The lowest BCUT2D eigenvalue weighted by molar-refractivity contribution is -0.141. The van der Waals surface area contributed by atoms with E-state index >= 15 is 0 Å². The number of thioether (sulfide) groups is 1. The second kappa shape index (κ2) is 5.46.